The Morgan fingerprint density at radius 1 is 0.561 bits per heavy atom. The van der Waals surface area contributed by atoms with Gasteiger partial charge >= 0.3 is 0 Å². The number of hydrogen-bond acceptors (Lipinski definition) is 1. The van der Waals surface area contributed by atoms with Crippen molar-refractivity contribution in [2.75, 3.05) is 0 Å². The average Bonchev–Trinajstić information content (AvgIpc) is 3.20. The Morgan fingerprint density at radius 3 is 1.37 bits per heavy atom. The lowest BCUT2D eigenvalue weighted by Crippen LogP contribution is -2.50. The molecule has 4 aromatic rings. The molecule has 0 amide bonds. The van der Waals surface area contributed by atoms with Crippen LogP contribution in [-0.4, -0.2) is 8.32 Å². The van der Waals surface area contributed by atoms with Crippen LogP contribution >= 0.6 is 31.9 Å². The molecular formula is C37H42Br2OSi. The quantitative estimate of drug-likeness (QED) is 0.147. The highest BCUT2D eigenvalue weighted by Crippen LogP contribution is 2.57. The zero-order valence-electron chi connectivity index (χ0n) is 25.6. The Hall–Kier alpha value is -2.14. The second-order valence-corrected chi connectivity index (χ2v) is 20.1. The van der Waals surface area contributed by atoms with Gasteiger partial charge in [0.25, 0.3) is 8.32 Å². The minimum atomic E-state index is -2.06. The fraction of sp³-hybridized carbons (Fsp3) is 0.351. The van der Waals surface area contributed by atoms with Crippen molar-refractivity contribution in [1.82, 2.24) is 0 Å². The molecule has 0 spiro atoms. The number of fused-ring (bicyclic) bond motifs is 3. The summed E-state index contributed by atoms with van der Waals surface area (Å²) in [4.78, 5) is 0. The summed E-state index contributed by atoms with van der Waals surface area (Å²) in [5.41, 5.74) is 10.2. The van der Waals surface area contributed by atoms with Crippen LogP contribution in [0.3, 0.4) is 0 Å². The third-order valence-electron chi connectivity index (χ3n) is 9.36. The van der Waals surface area contributed by atoms with Gasteiger partial charge < -0.3 is 4.43 Å². The van der Waals surface area contributed by atoms with Crippen molar-refractivity contribution >= 4 is 40.2 Å². The van der Waals surface area contributed by atoms with Crippen LogP contribution in [0.2, 0.25) is 16.6 Å². The monoisotopic (exact) mass is 688 g/mol. The van der Waals surface area contributed by atoms with E-state index in [1.165, 1.54) is 38.9 Å². The van der Waals surface area contributed by atoms with E-state index in [-0.39, 0.29) is 0 Å². The summed E-state index contributed by atoms with van der Waals surface area (Å²) < 4.78 is 9.27. The molecule has 0 atom stereocenters. The first-order valence-corrected chi connectivity index (χ1v) is 18.7. The summed E-state index contributed by atoms with van der Waals surface area (Å²) in [6, 6.07) is 31.9. The van der Waals surface area contributed by atoms with Crippen molar-refractivity contribution in [3.05, 3.63) is 122 Å². The van der Waals surface area contributed by atoms with Gasteiger partial charge in [-0.2, -0.15) is 0 Å². The summed E-state index contributed by atoms with van der Waals surface area (Å²) >= 11 is 7.62. The van der Waals surface area contributed by atoms with Crippen LogP contribution < -0.4 is 4.43 Å². The Kier molecular flexibility index (Phi) is 8.51. The molecule has 4 heteroatoms. The van der Waals surface area contributed by atoms with Crippen molar-refractivity contribution in [3.63, 3.8) is 0 Å². The van der Waals surface area contributed by atoms with Gasteiger partial charge in [0.15, 0.2) is 0 Å². The molecule has 214 valence electrons. The van der Waals surface area contributed by atoms with E-state index >= 15 is 0 Å². The van der Waals surface area contributed by atoms with Crippen LogP contribution in [0.5, 0.6) is 5.75 Å². The predicted molar refractivity (Wildman–Crippen MR) is 185 cm³/mol. The largest absolute Gasteiger partial charge is 0.543 e. The highest BCUT2D eigenvalue weighted by Gasteiger charge is 2.48. The Bertz CT molecular complexity index is 1460. The van der Waals surface area contributed by atoms with E-state index in [0.717, 1.165) is 14.7 Å². The number of rotatable bonds is 8. The molecule has 1 aliphatic carbocycles. The van der Waals surface area contributed by atoms with Gasteiger partial charge in [-0.05, 0) is 97.9 Å². The minimum Gasteiger partial charge on any atom is -0.543 e. The van der Waals surface area contributed by atoms with Crippen LogP contribution in [0, 0.1) is 0 Å². The molecule has 41 heavy (non-hydrogen) atoms. The van der Waals surface area contributed by atoms with Crippen LogP contribution in [0.15, 0.2) is 93.9 Å². The maximum Gasteiger partial charge on any atom is 0.258 e. The second kappa shape index (κ2) is 11.5. The highest BCUT2D eigenvalue weighted by molar-refractivity contribution is 9.10. The van der Waals surface area contributed by atoms with E-state index in [1.807, 2.05) is 0 Å². The topological polar surface area (TPSA) is 9.23 Å². The first-order valence-electron chi connectivity index (χ1n) is 14.9. The molecule has 0 aromatic heterocycles. The molecule has 1 nitrogen and oxygen atoms in total. The lowest BCUT2D eigenvalue weighted by Gasteiger charge is -2.42. The molecule has 0 saturated carbocycles. The fourth-order valence-corrected chi connectivity index (χ4v) is 13.5. The second-order valence-electron chi connectivity index (χ2n) is 12.9. The molecule has 0 N–H and O–H groups in total. The third kappa shape index (κ3) is 4.98. The predicted octanol–water partition coefficient (Wildman–Crippen LogP) is 12.3. The molecule has 0 fully saturated rings. The first kappa shape index (κ1) is 30.3. The zero-order chi connectivity index (χ0) is 29.7. The molecule has 0 saturated heterocycles. The fourth-order valence-electron chi connectivity index (χ4n) is 7.51. The Labute approximate surface area is 265 Å². The van der Waals surface area contributed by atoms with Gasteiger partial charge in [-0.25, -0.2) is 0 Å². The Balaban J connectivity index is 1.75. The van der Waals surface area contributed by atoms with E-state index in [0.29, 0.717) is 22.5 Å². The third-order valence-corrected chi connectivity index (χ3v) is 16.4. The number of hydrogen-bond donors (Lipinski definition) is 0. The molecule has 0 radical (unpaired) electrons. The summed E-state index contributed by atoms with van der Waals surface area (Å²) in [6.45, 7) is 18.6. The van der Waals surface area contributed by atoms with Gasteiger partial charge in [0.1, 0.15) is 5.75 Å². The van der Waals surface area contributed by atoms with Gasteiger partial charge in [0.05, 0.1) is 5.41 Å². The SMILES string of the molecule is CC(C)c1ccc(C2(c3ccc(O[Si](C(C)C)(C(C)C)C(C)C)cc3)c3cc(Br)ccc3-c3ccc(Br)cc32)cc1. The first-order chi connectivity index (χ1) is 19.4. The average molecular weight is 691 g/mol. The van der Waals surface area contributed by atoms with Gasteiger partial charge in [0.2, 0.25) is 0 Å². The summed E-state index contributed by atoms with van der Waals surface area (Å²) in [7, 11) is -2.06. The normalized spacial score (nSPS) is 14.2. The van der Waals surface area contributed by atoms with Crippen LogP contribution in [0.1, 0.15) is 89.1 Å². The summed E-state index contributed by atoms with van der Waals surface area (Å²) in [5.74, 6) is 1.47. The van der Waals surface area contributed by atoms with Crippen molar-refractivity contribution in [1.29, 1.82) is 0 Å². The van der Waals surface area contributed by atoms with Gasteiger partial charge in [-0.15, -0.1) is 0 Å². The summed E-state index contributed by atoms with van der Waals surface area (Å²) in [6.07, 6.45) is 0. The summed E-state index contributed by atoms with van der Waals surface area (Å²) in [5, 5.41) is 0. The van der Waals surface area contributed by atoms with E-state index in [4.69, 9.17) is 4.43 Å². The van der Waals surface area contributed by atoms with E-state index < -0.39 is 13.7 Å². The highest BCUT2D eigenvalue weighted by atomic mass is 79.9. The van der Waals surface area contributed by atoms with E-state index in [9.17, 15) is 0 Å². The minimum absolute atomic E-state index is 0.449. The molecular weight excluding hydrogens is 648 g/mol. The molecule has 0 bridgehead atoms. The van der Waals surface area contributed by atoms with E-state index in [1.54, 1.807) is 0 Å². The van der Waals surface area contributed by atoms with Gasteiger partial charge in [0, 0.05) is 8.95 Å². The molecule has 5 rings (SSSR count). The van der Waals surface area contributed by atoms with Gasteiger partial charge in [-0.1, -0.05) is 136 Å². The lowest BCUT2D eigenvalue weighted by molar-refractivity contribution is 0.479. The Morgan fingerprint density at radius 2 is 0.976 bits per heavy atom. The smallest absolute Gasteiger partial charge is 0.258 e. The molecule has 0 aliphatic heterocycles. The van der Waals surface area contributed by atoms with Gasteiger partial charge in [-0.3, -0.25) is 0 Å². The van der Waals surface area contributed by atoms with Crippen LogP contribution in [0.4, 0.5) is 0 Å². The number of benzene rings is 4. The van der Waals surface area contributed by atoms with Crippen molar-refractivity contribution in [2.24, 2.45) is 0 Å². The molecule has 1 aliphatic rings. The standard InChI is InChI=1S/C37H42Br2OSi/c1-23(2)27-9-11-28(12-10-27)37(35-21-30(38)15-19-33(35)34-20-16-31(39)22-36(34)37)29-13-17-32(18-14-29)40-41(24(3)4,25(5)6)26(7)8/h9-26H,1-8H3. The van der Waals surface area contributed by atoms with Crippen molar-refractivity contribution < 1.29 is 4.43 Å². The van der Waals surface area contributed by atoms with Crippen LogP contribution in [0.25, 0.3) is 11.1 Å². The zero-order valence-corrected chi connectivity index (χ0v) is 29.7. The van der Waals surface area contributed by atoms with E-state index in [2.05, 4.69) is 172 Å². The maximum absolute atomic E-state index is 7.09. The lowest BCUT2D eigenvalue weighted by atomic mass is 9.67. The molecule has 0 heterocycles. The maximum atomic E-state index is 7.09. The molecule has 4 aromatic carbocycles. The molecule has 0 unspecified atom stereocenters. The van der Waals surface area contributed by atoms with Crippen molar-refractivity contribution in [2.45, 2.75) is 83.3 Å². The number of halogens is 2. The van der Waals surface area contributed by atoms with Crippen LogP contribution in [-0.2, 0) is 5.41 Å². The van der Waals surface area contributed by atoms with Crippen molar-refractivity contribution in [3.8, 4) is 16.9 Å².